The van der Waals surface area contributed by atoms with Crippen molar-refractivity contribution in [2.24, 2.45) is 4.99 Å². The predicted molar refractivity (Wildman–Crippen MR) is 91.3 cm³/mol. The van der Waals surface area contributed by atoms with Crippen LogP contribution in [0.1, 0.15) is 25.0 Å². The molecule has 4 nitrogen and oxygen atoms in total. The molecule has 0 atom stereocenters. The molecule has 1 amide bonds. The SMILES string of the molecule is CC(C)Oc1ccc(/C=C2/N=C(c3ccccc3)NC2=O)cc1. The summed E-state index contributed by atoms with van der Waals surface area (Å²) in [7, 11) is 0. The second kappa shape index (κ2) is 6.48. The van der Waals surface area contributed by atoms with Gasteiger partial charge < -0.3 is 10.1 Å². The van der Waals surface area contributed by atoms with Gasteiger partial charge in [0.1, 0.15) is 17.3 Å². The summed E-state index contributed by atoms with van der Waals surface area (Å²) in [6.07, 6.45) is 1.91. The van der Waals surface area contributed by atoms with Crippen LogP contribution >= 0.6 is 0 Å². The standard InChI is InChI=1S/C19H18N2O2/c1-13(2)23-16-10-8-14(9-11-16)12-17-19(22)21-18(20-17)15-6-4-3-5-7-15/h3-13H,1-2H3,(H,20,21,22)/b17-12+. The molecular formula is C19H18N2O2. The number of carbonyl (C=O) groups is 1. The Bertz CT molecular complexity index is 760. The molecule has 1 N–H and O–H groups in total. The number of benzene rings is 2. The van der Waals surface area contributed by atoms with Crippen molar-refractivity contribution in [3.8, 4) is 5.75 Å². The van der Waals surface area contributed by atoms with Crippen LogP contribution in [0.3, 0.4) is 0 Å². The summed E-state index contributed by atoms with van der Waals surface area (Å²) in [4.78, 5) is 16.4. The van der Waals surface area contributed by atoms with Gasteiger partial charge in [0.15, 0.2) is 0 Å². The Morgan fingerprint density at radius 3 is 2.39 bits per heavy atom. The average Bonchev–Trinajstić information content (AvgIpc) is 2.91. The predicted octanol–water partition coefficient (Wildman–Crippen LogP) is 3.39. The fourth-order valence-electron chi connectivity index (χ4n) is 2.27. The summed E-state index contributed by atoms with van der Waals surface area (Å²) in [6, 6.07) is 17.2. The monoisotopic (exact) mass is 306 g/mol. The van der Waals surface area contributed by atoms with E-state index in [-0.39, 0.29) is 12.0 Å². The summed E-state index contributed by atoms with van der Waals surface area (Å²) in [5.74, 6) is 1.21. The minimum absolute atomic E-state index is 0.137. The van der Waals surface area contributed by atoms with Crippen molar-refractivity contribution in [2.45, 2.75) is 20.0 Å². The molecule has 4 heteroatoms. The Labute approximate surface area is 135 Å². The summed E-state index contributed by atoms with van der Waals surface area (Å²) in [5, 5.41) is 2.80. The van der Waals surface area contributed by atoms with E-state index in [1.165, 1.54) is 0 Å². The quantitative estimate of drug-likeness (QED) is 0.880. The van der Waals surface area contributed by atoms with E-state index in [0.29, 0.717) is 11.5 Å². The van der Waals surface area contributed by atoms with Crippen molar-refractivity contribution in [2.75, 3.05) is 0 Å². The molecule has 0 saturated carbocycles. The van der Waals surface area contributed by atoms with Crippen molar-refractivity contribution in [1.29, 1.82) is 0 Å². The molecule has 0 spiro atoms. The fourth-order valence-corrected chi connectivity index (χ4v) is 2.27. The third kappa shape index (κ3) is 3.66. The van der Waals surface area contributed by atoms with Gasteiger partial charge in [-0.2, -0.15) is 0 Å². The molecule has 3 rings (SSSR count). The minimum atomic E-state index is -0.189. The number of nitrogens with one attached hydrogen (secondary N) is 1. The molecule has 0 saturated heterocycles. The van der Waals surface area contributed by atoms with Gasteiger partial charge in [0.05, 0.1) is 6.10 Å². The number of ether oxygens (including phenoxy) is 1. The molecule has 1 aliphatic rings. The highest BCUT2D eigenvalue weighted by Gasteiger charge is 2.20. The smallest absolute Gasteiger partial charge is 0.275 e. The lowest BCUT2D eigenvalue weighted by atomic mass is 10.2. The number of rotatable bonds is 4. The topological polar surface area (TPSA) is 50.7 Å². The normalized spacial score (nSPS) is 15.7. The average molecular weight is 306 g/mol. The first-order valence-electron chi connectivity index (χ1n) is 7.56. The lowest BCUT2D eigenvalue weighted by molar-refractivity contribution is -0.115. The molecule has 0 aliphatic carbocycles. The van der Waals surface area contributed by atoms with Gasteiger partial charge in [-0.25, -0.2) is 4.99 Å². The van der Waals surface area contributed by atoms with Crippen molar-refractivity contribution >= 4 is 17.8 Å². The summed E-state index contributed by atoms with van der Waals surface area (Å²) in [5.41, 5.74) is 2.20. The fraction of sp³-hybridized carbons (Fsp3) is 0.158. The van der Waals surface area contributed by atoms with Gasteiger partial charge in [0.25, 0.3) is 5.91 Å². The van der Waals surface area contributed by atoms with Crippen LogP contribution in [0.5, 0.6) is 5.75 Å². The molecule has 23 heavy (non-hydrogen) atoms. The van der Waals surface area contributed by atoms with E-state index < -0.39 is 0 Å². The molecule has 0 radical (unpaired) electrons. The molecular weight excluding hydrogens is 288 g/mol. The van der Waals surface area contributed by atoms with Crippen LogP contribution < -0.4 is 10.1 Å². The van der Waals surface area contributed by atoms with E-state index in [4.69, 9.17) is 4.74 Å². The molecule has 0 aromatic heterocycles. The van der Waals surface area contributed by atoms with Crippen LogP contribution in [0.25, 0.3) is 6.08 Å². The number of amidine groups is 1. The minimum Gasteiger partial charge on any atom is -0.491 e. The summed E-state index contributed by atoms with van der Waals surface area (Å²) < 4.78 is 5.61. The maximum absolute atomic E-state index is 12.1. The van der Waals surface area contributed by atoms with Crippen molar-refractivity contribution < 1.29 is 9.53 Å². The van der Waals surface area contributed by atoms with Crippen LogP contribution in [0.4, 0.5) is 0 Å². The van der Waals surface area contributed by atoms with E-state index in [9.17, 15) is 4.79 Å². The lowest BCUT2D eigenvalue weighted by Crippen LogP contribution is -2.24. The zero-order chi connectivity index (χ0) is 16.2. The van der Waals surface area contributed by atoms with Gasteiger partial charge in [0, 0.05) is 5.56 Å². The molecule has 0 bridgehead atoms. The van der Waals surface area contributed by atoms with E-state index in [1.807, 2.05) is 68.4 Å². The van der Waals surface area contributed by atoms with Crippen LogP contribution in [0.2, 0.25) is 0 Å². The van der Waals surface area contributed by atoms with Crippen LogP contribution in [-0.4, -0.2) is 17.8 Å². The number of amides is 1. The zero-order valence-corrected chi connectivity index (χ0v) is 13.1. The Balaban J connectivity index is 1.82. The number of carbonyl (C=O) groups excluding carboxylic acids is 1. The van der Waals surface area contributed by atoms with Crippen LogP contribution in [0.15, 0.2) is 65.3 Å². The highest BCUT2D eigenvalue weighted by Crippen LogP contribution is 2.18. The van der Waals surface area contributed by atoms with Crippen molar-refractivity contribution in [1.82, 2.24) is 5.32 Å². The summed E-state index contributed by atoms with van der Waals surface area (Å²) in [6.45, 7) is 3.97. The maximum Gasteiger partial charge on any atom is 0.275 e. The Morgan fingerprint density at radius 2 is 1.74 bits per heavy atom. The first kappa shape index (κ1) is 15.0. The van der Waals surface area contributed by atoms with Gasteiger partial charge in [-0.1, -0.05) is 42.5 Å². The first-order chi connectivity index (χ1) is 11.1. The molecule has 116 valence electrons. The Hall–Kier alpha value is -2.88. The van der Waals surface area contributed by atoms with E-state index in [2.05, 4.69) is 10.3 Å². The van der Waals surface area contributed by atoms with Crippen LogP contribution in [-0.2, 0) is 4.79 Å². The van der Waals surface area contributed by atoms with Gasteiger partial charge in [-0.3, -0.25) is 4.79 Å². The maximum atomic E-state index is 12.1. The number of aliphatic imine (C=N–C) groups is 1. The summed E-state index contributed by atoms with van der Waals surface area (Å²) >= 11 is 0. The molecule has 0 fully saturated rings. The Kier molecular flexibility index (Phi) is 4.24. The van der Waals surface area contributed by atoms with Crippen molar-refractivity contribution in [3.63, 3.8) is 0 Å². The number of hydrogen-bond acceptors (Lipinski definition) is 3. The zero-order valence-electron chi connectivity index (χ0n) is 13.1. The first-order valence-corrected chi connectivity index (χ1v) is 7.56. The highest BCUT2D eigenvalue weighted by atomic mass is 16.5. The second-order valence-corrected chi connectivity index (χ2v) is 5.55. The molecule has 0 unspecified atom stereocenters. The van der Waals surface area contributed by atoms with Gasteiger partial charge in [0.2, 0.25) is 0 Å². The third-order valence-corrected chi connectivity index (χ3v) is 3.30. The van der Waals surface area contributed by atoms with E-state index in [0.717, 1.165) is 16.9 Å². The highest BCUT2D eigenvalue weighted by molar-refractivity contribution is 6.19. The second-order valence-electron chi connectivity index (χ2n) is 5.55. The Morgan fingerprint density at radius 1 is 1.04 bits per heavy atom. The van der Waals surface area contributed by atoms with E-state index in [1.54, 1.807) is 6.08 Å². The lowest BCUT2D eigenvalue weighted by Gasteiger charge is -2.09. The number of hydrogen-bond donors (Lipinski definition) is 1. The number of nitrogens with zero attached hydrogens (tertiary/aromatic N) is 1. The van der Waals surface area contributed by atoms with Gasteiger partial charge >= 0.3 is 0 Å². The molecule has 2 aromatic carbocycles. The molecule has 1 aliphatic heterocycles. The van der Waals surface area contributed by atoms with Gasteiger partial charge in [-0.15, -0.1) is 0 Å². The third-order valence-electron chi connectivity index (χ3n) is 3.30. The molecule has 1 heterocycles. The van der Waals surface area contributed by atoms with Crippen LogP contribution in [0, 0.1) is 0 Å². The largest absolute Gasteiger partial charge is 0.491 e. The van der Waals surface area contributed by atoms with Gasteiger partial charge in [-0.05, 0) is 37.6 Å². The molecule has 2 aromatic rings. The van der Waals surface area contributed by atoms with Crippen molar-refractivity contribution in [3.05, 3.63) is 71.4 Å². The van der Waals surface area contributed by atoms with E-state index >= 15 is 0 Å².